The minimum atomic E-state index is -0.167. The molecule has 0 aromatic heterocycles. The number of amides is 1. The van der Waals surface area contributed by atoms with Crippen LogP contribution in [0.2, 0.25) is 0 Å². The molecular weight excluding hydrogens is 180 g/mol. The van der Waals surface area contributed by atoms with E-state index in [0.717, 1.165) is 25.9 Å². The molecule has 1 rings (SSSR count). The Kier molecular flexibility index (Phi) is 4.35. The molecule has 0 bridgehead atoms. The normalized spacial score (nSPS) is 26.0. The molecule has 0 saturated carbocycles. The number of rotatable bonds is 4. The van der Waals surface area contributed by atoms with E-state index in [4.69, 9.17) is 10.5 Å². The van der Waals surface area contributed by atoms with Gasteiger partial charge >= 0.3 is 0 Å². The fourth-order valence-corrected chi connectivity index (χ4v) is 1.99. The van der Waals surface area contributed by atoms with Gasteiger partial charge in [0.25, 0.3) is 0 Å². The first-order valence-corrected chi connectivity index (χ1v) is 5.17. The first-order chi connectivity index (χ1) is 6.65. The van der Waals surface area contributed by atoms with Crippen LogP contribution in [0, 0.1) is 5.92 Å². The molecule has 4 nitrogen and oxygen atoms in total. The van der Waals surface area contributed by atoms with E-state index < -0.39 is 0 Å². The van der Waals surface area contributed by atoms with Gasteiger partial charge in [-0.2, -0.15) is 0 Å². The second kappa shape index (κ2) is 5.32. The van der Waals surface area contributed by atoms with Gasteiger partial charge in [-0.25, -0.2) is 0 Å². The third kappa shape index (κ3) is 2.96. The molecule has 1 amide bonds. The lowest BCUT2D eigenvalue weighted by atomic mass is 9.96. The number of likely N-dealkylation sites (tertiary alicyclic amines) is 1. The highest BCUT2D eigenvalue weighted by atomic mass is 16.5. The van der Waals surface area contributed by atoms with Crippen LogP contribution in [-0.4, -0.2) is 43.7 Å². The number of hydrogen-bond acceptors (Lipinski definition) is 3. The fraction of sp³-hybridized carbons (Fsp3) is 0.900. The van der Waals surface area contributed by atoms with Crippen molar-refractivity contribution in [2.75, 3.05) is 26.8 Å². The van der Waals surface area contributed by atoms with E-state index in [-0.39, 0.29) is 11.8 Å². The summed E-state index contributed by atoms with van der Waals surface area (Å²) in [5, 5.41) is 0. The van der Waals surface area contributed by atoms with Crippen molar-refractivity contribution in [3.63, 3.8) is 0 Å². The number of nitrogens with zero attached hydrogens (tertiary/aromatic N) is 1. The van der Waals surface area contributed by atoms with Gasteiger partial charge in [0.15, 0.2) is 0 Å². The summed E-state index contributed by atoms with van der Waals surface area (Å²) < 4.78 is 5.09. The molecule has 4 heteroatoms. The van der Waals surface area contributed by atoms with Crippen LogP contribution in [0.25, 0.3) is 0 Å². The molecule has 1 heterocycles. The Balaban J connectivity index is 2.43. The lowest BCUT2D eigenvalue weighted by Crippen LogP contribution is -2.46. The molecule has 1 fully saturated rings. The van der Waals surface area contributed by atoms with Crippen molar-refractivity contribution in [2.45, 2.75) is 25.8 Å². The molecule has 0 spiro atoms. The second-order valence-corrected chi connectivity index (χ2v) is 4.04. The van der Waals surface area contributed by atoms with Crippen LogP contribution in [-0.2, 0) is 9.53 Å². The van der Waals surface area contributed by atoms with Gasteiger partial charge in [-0.05, 0) is 26.3 Å². The van der Waals surface area contributed by atoms with E-state index in [1.807, 2.05) is 0 Å². The maximum Gasteiger partial charge on any atom is 0.221 e. The highest BCUT2D eigenvalue weighted by Gasteiger charge is 2.26. The quantitative estimate of drug-likeness (QED) is 0.706. The van der Waals surface area contributed by atoms with Gasteiger partial charge in [0.05, 0.1) is 12.5 Å². The number of hydrogen-bond donors (Lipinski definition) is 1. The summed E-state index contributed by atoms with van der Waals surface area (Å²) in [5.74, 6) is -0.137. The molecule has 0 radical (unpaired) electrons. The molecule has 1 unspecified atom stereocenters. The number of ether oxygens (including phenoxy) is 1. The van der Waals surface area contributed by atoms with Crippen molar-refractivity contribution in [1.82, 2.24) is 4.90 Å². The van der Waals surface area contributed by atoms with Crippen LogP contribution in [0.15, 0.2) is 0 Å². The highest BCUT2D eigenvalue weighted by Crippen LogP contribution is 2.18. The summed E-state index contributed by atoms with van der Waals surface area (Å²) in [4.78, 5) is 13.3. The number of piperidine rings is 1. The fourth-order valence-electron chi connectivity index (χ4n) is 1.99. The highest BCUT2D eigenvalue weighted by molar-refractivity contribution is 5.76. The van der Waals surface area contributed by atoms with Gasteiger partial charge < -0.3 is 10.5 Å². The van der Waals surface area contributed by atoms with Gasteiger partial charge in [0, 0.05) is 19.7 Å². The third-order valence-corrected chi connectivity index (χ3v) is 2.89. The first-order valence-electron chi connectivity index (χ1n) is 5.17. The van der Waals surface area contributed by atoms with Gasteiger partial charge in [0.2, 0.25) is 5.91 Å². The second-order valence-electron chi connectivity index (χ2n) is 4.04. The number of carbonyl (C=O) groups excluding carboxylic acids is 1. The molecule has 1 aliphatic heterocycles. The number of nitrogens with two attached hydrogens (primary N) is 1. The lowest BCUT2D eigenvalue weighted by Gasteiger charge is -2.35. The minimum absolute atomic E-state index is 0.0306. The average Bonchev–Trinajstić information content (AvgIpc) is 2.18. The van der Waals surface area contributed by atoms with Crippen LogP contribution in [0.3, 0.4) is 0 Å². The molecule has 14 heavy (non-hydrogen) atoms. The Morgan fingerprint density at radius 2 is 2.43 bits per heavy atom. The van der Waals surface area contributed by atoms with Crippen molar-refractivity contribution in [2.24, 2.45) is 11.7 Å². The van der Waals surface area contributed by atoms with E-state index in [0.29, 0.717) is 12.6 Å². The Labute approximate surface area is 85.4 Å². The van der Waals surface area contributed by atoms with Gasteiger partial charge in [0.1, 0.15) is 0 Å². The number of primary amides is 1. The number of methoxy groups -OCH3 is 1. The summed E-state index contributed by atoms with van der Waals surface area (Å²) in [6, 6.07) is 0.377. The Morgan fingerprint density at radius 1 is 1.71 bits per heavy atom. The average molecular weight is 200 g/mol. The summed E-state index contributed by atoms with van der Waals surface area (Å²) >= 11 is 0. The Bertz CT molecular complexity index is 197. The molecule has 0 aliphatic carbocycles. The molecule has 1 saturated heterocycles. The van der Waals surface area contributed by atoms with Crippen molar-refractivity contribution in [3.05, 3.63) is 0 Å². The zero-order valence-corrected chi connectivity index (χ0v) is 9.03. The lowest BCUT2D eigenvalue weighted by molar-refractivity contribution is -0.123. The minimum Gasteiger partial charge on any atom is -0.383 e. The topological polar surface area (TPSA) is 55.6 Å². The summed E-state index contributed by atoms with van der Waals surface area (Å²) in [5.41, 5.74) is 5.31. The van der Waals surface area contributed by atoms with Crippen molar-refractivity contribution in [3.8, 4) is 0 Å². The standard InChI is InChI=1S/C10H20N2O2/c1-8(7-14-2)12-5-3-4-9(6-12)10(11)13/h8-9H,3-7H2,1-2H3,(H2,11,13)/t8-,9?/m0/s1. The predicted molar refractivity (Wildman–Crippen MR) is 54.8 cm³/mol. The van der Waals surface area contributed by atoms with Crippen LogP contribution >= 0.6 is 0 Å². The number of carbonyl (C=O) groups is 1. The van der Waals surface area contributed by atoms with E-state index in [1.165, 1.54) is 0 Å². The van der Waals surface area contributed by atoms with Gasteiger partial charge in [-0.3, -0.25) is 9.69 Å². The first kappa shape index (κ1) is 11.5. The Hall–Kier alpha value is -0.610. The Morgan fingerprint density at radius 3 is 3.00 bits per heavy atom. The summed E-state index contributed by atoms with van der Waals surface area (Å²) in [7, 11) is 1.70. The molecule has 2 N–H and O–H groups in total. The van der Waals surface area contributed by atoms with Crippen molar-refractivity contribution in [1.29, 1.82) is 0 Å². The maximum absolute atomic E-state index is 11.0. The molecule has 0 aromatic carbocycles. The molecule has 1 aliphatic rings. The monoisotopic (exact) mass is 200 g/mol. The van der Waals surface area contributed by atoms with Crippen molar-refractivity contribution >= 4 is 5.91 Å². The van der Waals surface area contributed by atoms with Gasteiger partial charge in [-0.15, -0.1) is 0 Å². The third-order valence-electron chi connectivity index (χ3n) is 2.89. The summed E-state index contributed by atoms with van der Waals surface area (Å²) in [6.07, 6.45) is 1.99. The zero-order chi connectivity index (χ0) is 10.6. The zero-order valence-electron chi connectivity index (χ0n) is 9.03. The SMILES string of the molecule is COC[C@H](C)N1CCCC(C(N)=O)C1. The largest absolute Gasteiger partial charge is 0.383 e. The van der Waals surface area contributed by atoms with Crippen LogP contribution in [0.4, 0.5) is 0 Å². The smallest absolute Gasteiger partial charge is 0.221 e. The van der Waals surface area contributed by atoms with Crippen molar-refractivity contribution < 1.29 is 9.53 Å². The molecule has 82 valence electrons. The molecule has 0 aromatic rings. The van der Waals surface area contributed by atoms with Crippen LogP contribution in [0.1, 0.15) is 19.8 Å². The molecular formula is C10H20N2O2. The van der Waals surface area contributed by atoms with Crippen LogP contribution < -0.4 is 5.73 Å². The van der Waals surface area contributed by atoms with E-state index in [1.54, 1.807) is 7.11 Å². The van der Waals surface area contributed by atoms with Crippen LogP contribution in [0.5, 0.6) is 0 Å². The van der Waals surface area contributed by atoms with E-state index in [2.05, 4.69) is 11.8 Å². The van der Waals surface area contributed by atoms with E-state index >= 15 is 0 Å². The molecule has 2 atom stereocenters. The maximum atomic E-state index is 11.0. The summed E-state index contributed by atoms with van der Waals surface area (Å²) in [6.45, 7) is 4.67. The van der Waals surface area contributed by atoms with Gasteiger partial charge in [-0.1, -0.05) is 0 Å². The predicted octanol–water partition coefficient (Wildman–Crippen LogP) is 0.219. The van der Waals surface area contributed by atoms with E-state index in [9.17, 15) is 4.79 Å².